The van der Waals surface area contributed by atoms with Crippen molar-refractivity contribution in [1.29, 1.82) is 0 Å². The van der Waals surface area contributed by atoms with Crippen LogP contribution in [0, 0.1) is 0 Å². The van der Waals surface area contributed by atoms with Gasteiger partial charge in [0.15, 0.2) is 0 Å². The molecule has 2 N–H and O–H groups in total. The van der Waals surface area contributed by atoms with Crippen LogP contribution in [0.4, 0.5) is 0 Å². The Hall–Kier alpha value is -1.10. The first kappa shape index (κ1) is 15.3. The van der Waals surface area contributed by atoms with E-state index in [0.717, 1.165) is 51.6 Å². The van der Waals surface area contributed by atoms with Gasteiger partial charge in [-0.3, -0.25) is 9.59 Å². The van der Waals surface area contributed by atoms with Crippen LogP contribution in [-0.2, 0) is 9.59 Å². The second-order valence-electron chi connectivity index (χ2n) is 6.07. The molecule has 1 aliphatic carbocycles. The molecule has 5 heteroatoms. The number of likely N-dealkylation sites (tertiary alicyclic amines) is 1. The maximum absolute atomic E-state index is 12.5. The van der Waals surface area contributed by atoms with Crippen LogP contribution in [0.1, 0.15) is 51.9 Å². The van der Waals surface area contributed by atoms with Crippen molar-refractivity contribution in [2.24, 2.45) is 5.73 Å². The molecule has 1 heterocycles. The van der Waals surface area contributed by atoms with Crippen molar-refractivity contribution >= 4 is 11.8 Å². The van der Waals surface area contributed by atoms with E-state index in [0.29, 0.717) is 18.5 Å². The van der Waals surface area contributed by atoms with Gasteiger partial charge in [0.2, 0.25) is 11.8 Å². The summed E-state index contributed by atoms with van der Waals surface area (Å²) < 4.78 is 0. The molecule has 0 aromatic rings. The highest BCUT2D eigenvalue weighted by atomic mass is 16.2. The molecule has 1 aliphatic heterocycles. The summed E-state index contributed by atoms with van der Waals surface area (Å²) in [5.74, 6) is 0.239. The lowest BCUT2D eigenvalue weighted by Crippen LogP contribution is -2.48. The van der Waals surface area contributed by atoms with E-state index in [1.807, 2.05) is 4.90 Å². The second kappa shape index (κ2) is 7.07. The number of amides is 2. The lowest BCUT2D eigenvalue weighted by atomic mass is 9.90. The van der Waals surface area contributed by atoms with Gasteiger partial charge in [0.25, 0.3) is 0 Å². The quantitative estimate of drug-likeness (QED) is 0.821. The lowest BCUT2D eigenvalue weighted by molar-refractivity contribution is -0.140. The van der Waals surface area contributed by atoms with E-state index in [1.165, 1.54) is 0 Å². The smallest absolute Gasteiger partial charge is 0.242 e. The Morgan fingerprint density at radius 1 is 1.35 bits per heavy atom. The van der Waals surface area contributed by atoms with Crippen molar-refractivity contribution < 1.29 is 9.59 Å². The van der Waals surface area contributed by atoms with Crippen molar-refractivity contribution in [3.8, 4) is 0 Å². The summed E-state index contributed by atoms with van der Waals surface area (Å²) in [5, 5.41) is 0. The molecule has 1 saturated carbocycles. The fourth-order valence-corrected chi connectivity index (χ4v) is 3.29. The first-order valence-corrected chi connectivity index (χ1v) is 7.94. The number of rotatable bonds is 5. The van der Waals surface area contributed by atoms with Gasteiger partial charge in [-0.2, -0.15) is 0 Å². The zero-order valence-corrected chi connectivity index (χ0v) is 12.5. The van der Waals surface area contributed by atoms with Gasteiger partial charge < -0.3 is 15.5 Å². The normalized spacial score (nSPS) is 26.9. The third-order valence-corrected chi connectivity index (χ3v) is 4.46. The van der Waals surface area contributed by atoms with Gasteiger partial charge in [-0.25, -0.2) is 0 Å². The van der Waals surface area contributed by atoms with Crippen LogP contribution in [0.3, 0.4) is 0 Å². The van der Waals surface area contributed by atoms with Crippen LogP contribution < -0.4 is 5.73 Å². The molecule has 5 nitrogen and oxygen atoms in total. The molecular formula is C15H27N3O2. The Morgan fingerprint density at radius 2 is 2.05 bits per heavy atom. The molecule has 0 bridgehead atoms. The van der Waals surface area contributed by atoms with Crippen LogP contribution in [0.2, 0.25) is 0 Å². The van der Waals surface area contributed by atoms with Crippen LogP contribution in [0.15, 0.2) is 0 Å². The molecule has 2 fully saturated rings. The minimum absolute atomic E-state index is 0.113. The summed E-state index contributed by atoms with van der Waals surface area (Å²) in [7, 11) is 0. The summed E-state index contributed by atoms with van der Waals surface area (Å²) in [6.07, 6.45) is 6.45. The van der Waals surface area contributed by atoms with Crippen molar-refractivity contribution in [3.63, 3.8) is 0 Å². The van der Waals surface area contributed by atoms with Gasteiger partial charge in [-0.1, -0.05) is 6.92 Å². The van der Waals surface area contributed by atoms with E-state index in [1.54, 1.807) is 4.90 Å². The largest absolute Gasteiger partial charge is 0.338 e. The highest BCUT2D eigenvalue weighted by Crippen LogP contribution is 2.23. The molecule has 2 rings (SSSR count). The Balaban J connectivity index is 1.92. The van der Waals surface area contributed by atoms with E-state index in [2.05, 4.69) is 6.92 Å². The predicted octanol–water partition coefficient (Wildman–Crippen LogP) is 1.12. The molecule has 0 atom stereocenters. The summed E-state index contributed by atoms with van der Waals surface area (Å²) in [6.45, 7) is 3.89. The summed E-state index contributed by atoms with van der Waals surface area (Å²) >= 11 is 0. The van der Waals surface area contributed by atoms with E-state index in [4.69, 9.17) is 5.73 Å². The van der Waals surface area contributed by atoms with Crippen molar-refractivity contribution in [3.05, 3.63) is 0 Å². The molecule has 0 radical (unpaired) electrons. The predicted molar refractivity (Wildman–Crippen MR) is 78.0 cm³/mol. The molecular weight excluding hydrogens is 254 g/mol. The Labute approximate surface area is 121 Å². The van der Waals surface area contributed by atoms with Crippen molar-refractivity contribution in [1.82, 2.24) is 9.80 Å². The minimum Gasteiger partial charge on any atom is -0.338 e. The van der Waals surface area contributed by atoms with Gasteiger partial charge in [0.1, 0.15) is 0 Å². The zero-order valence-electron chi connectivity index (χ0n) is 12.5. The molecule has 1 saturated heterocycles. The third-order valence-electron chi connectivity index (χ3n) is 4.46. The number of hydrogen-bond donors (Lipinski definition) is 1. The Kier molecular flexibility index (Phi) is 5.40. The maximum Gasteiger partial charge on any atom is 0.242 e. The van der Waals surface area contributed by atoms with E-state index in [9.17, 15) is 9.59 Å². The fraction of sp³-hybridized carbons (Fsp3) is 0.867. The highest BCUT2D eigenvalue weighted by Gasteiger charge is 2.30. The second-order valence-corrected chi connectivity index (χ2v) is 6.07. The first-order chi connectivity index (χ1) is 9.61. The fourth-order valence-electron chi connectivity index (χ4n) is 3.29. The van der Waals surface area contributed by atoms with E-state index < -0.39 is 0 Å². The molecule has 114 valence electrons. The average molecular weight is 281 g/mol. The molecule has 0 spiro atoms. The number of nitrogens with two attached hydrogens (primary N) is 1. The number of carbonyl (C=O) groups is 2. The van der Waals surface area contributed by atoms with Gasteiger partial charge in [0.05, 0.1) is 6.54 Å². The maximum atomic E-state index is 12.5. The Morgan fingerprint density at radius 3 is 2.60 bits per heavy atom. The SMILES string of the molecule is CCCN(C(=O)CN1CCCC1=O)C1CCC(N)CC1. The van der Waals surface area contributed by atoms with Crippen LogP contribution in [0.25, 0.3) is 0 Å². The third kappa shape index (κ3) is 3.72. The van der Waals surface area contributed by atoms with E-state index >= 15 is 0 Å². The van der Waals surface area contributed by atoms with Crippen LogP contribution in [0.5, 0.6) is 0 Å². The van der Waals surface area contributed by atoms with E-state index in [-0.39, 0.29) is 18.4 Å². The summed E-state index contributed by atoms with van der Waals surface area (Å²) in [5.41, 5.74) is 5.94. The first-order valence-electron chi connectivity index (χ1n) is 7.94. The molecule has 2 amide bonds. The summed E-state index contributed by atoms with van der Waals surface area (Å²) in [4.78, 5) is 27.9. The standard InChI is InChI=1S/C15H27N3O2/c1-2-9-18(13-7-5-12(16)6-8-13)15(20)11-17-10-3-4-14(17)19/h12-13H,2-11,16H2,1H3. The molecule has 0 aromatic heterocycles. The molecule has 2 aliphatic rings. The zero-order chi connectivity index (χ0) is 14.5. The van der Waals surface area contributed by atoms with Crippen LogP contribution in [-0.4, -0.2) is 53.3 Å². The number of carbonyl (C=O) groups excluding carboxylic acids is 2. The number of hydrogen-bond acceptors (Lipinski definition) is 3. The molecule has 0 unspecified atom stereocenters. The van der Waals surface area contributed by atoms with Gasteiger partial charge in [0, 0.05) is 31.6 Å². The van der Waals surface area contributed by atoms with Crippen molar-refractivity contribution in [2.75, 3.05) is 19.6 Å². The van der Waals surface area contributed by atoms with Crippen LogP contribution >= 0.6 is 0 Å². The molecule has 0 aromatic carbocycles. The van der Waals surface area contributed by atoms with Crippen molar-refractivity contribution in [2.45, 2.75) is 64.0 Å². The summed E-state index contributed by atoms with van der Waals surface area (Å²) in [6, 6.07) is 0.616. The van der Waals surface area contributed by atoms with Gasteiger partial charge in [-0.15, -0.1) is 0 Å². The highest BCUT2D eigenvalue weighted by molar-refractivity contribution is 5.86. The lowest BCUT2D eigenvalue weighted by Gasteiger charge is -2.36. The monoisotopic (exact) mass is 281 g/mol. The average Bonchev–Trinajstić information content (AvgIpc) is 2.83. The minimum atomic E-state index is 0.113. The van der Waals surface area contributed by atoms with Gasteiger partial charge in [-0.05, 0) is 38.5 Å². The Bertz CT molecular complexity index is 351. The molecule has 20 heavy (non-hydrogen) atoms. The topological polar surface area (TPSA) is 66.6 Å². The van der Waals surface area contributed by atoms with Gasteiger partial charge >= 0.3 is 0 Å². The number of nitrogens with zero attached hydrogens (tertiary/aromatic N) is 2.